The summed E-state index contributed by atoms with van der Waals surface area (Å²) >= 11 is 0. The lowest BCUT2D eigenvalue weighted by Gasteiger charge is -2.30. The maximum Gasteiger partial charge on any atom is 0.323 e. The molecule has 0 saturated heterocycles. The predicted molar refractivity (Wildman–Crippen MR) is 596 cm³/mol. The minimum atomic E-state index is -0.795. The number of hydrogen-bond acceptors (Lipinski definition) is 29. The normalized spacial score (nSPS) is 12.9. The fraction of sp³-hybridized carbons (Fsp3) is 0.888. The number of Topliss-reactive ketones (excluding diaryl/α,β-unsaturated/α-hetero) is 5. The molecule has 3 atom stereocenters. The van der Waals surface area contributed by atoms with Crippen molar-refractivity contribution in [3.05, 3.63) is 0 Å². The third-order valence-electron chi connectivity index (χ3n) is 16.3. The van der Waals surface area contributed by atoms with E-state index in [1.807, 2.05) is 263 Å². The molecule has 1 amide bonds. The Morgan fingerprint density at radius 2 is 0.582 bits per heavy atom. The van der Waals surface area contributed by atoms with Crippen LogP contribution in [0, 0.1) is 69.0 Å². The minimum absolute atomic E-state index is 0.0156. The summed E-state index contributed by atoms with van der Waals surface area (Å²) in [5.74, 6) is -1.13. The Hall–Kier alpha value is -6.09. The molecule has 0 aliphatic heterocycles. The van der Waals surface area contributed by atoms with Gasteiger partial charge in [-0.15, -0.1) is 0 Å². The van der Waals surface area contributed by atoms with Crippen molar-refractivity contribution in [1.82, 2.24) is 5.32 Å². The smallest absolute Gasteiger partial charge is 0.323 e. The van der Waals surface area contributed by atoms with Crippen LogP contribution in [0.3, 0.4) is 0 Å². The molecule has 0 aliphatic rings. The summed E-state index contributed by atoms with van der Waals surface area (Å²) in [4.78, 5) is 146. The summed E-state index contributed by atoms with van der Waals surface area (Å²) in [6, 6.07) is -2.11. The molecule has 0 fully saturated rings. The molecule has 7 N–H and O–H groups in total. The number of nitrogens with one attached hydrogen (secondary N) is 1. The first kappa shape index (κ1) is 165. The van der Waals surface area contributed by atoms with Gasteiger partial charge in [0, 0.05) is 71.0 Å². The highest BCUT2D eigenvalue weighted by atomic mass is 16.7. The fourth-order valence-electron chi connectivity index (χ4n) is 10.3. The fourth-order valence-corrected chi connectivity index (χ4v) is 10.3. The maximum atomic E-state index is 11.8. The molecule has 874 valence electrons. The Morgan fingerprint density at radius 1 is 0.288 bits per heavy atom. The Balaban J connectivity index is -0.000000135. The second kappa shape index (κ2) is 76.4. The van der Waals surface area contributed by atoms with Crippen LogP contribution < -0.4 is 22.5 Å². The van der Waals surface area contributed by atoms with Crippen molar-refractivity contribution < 1.29 is 124 Å². The second-order valence-electron chi connectivity index (χ2n) is 53.5. The average molecular weight is 2100 g/mol. The largest absolute Gasteiger partial charge is 0.464 e. The average Bonchev–Trinajstić information content (AvgIpc) is 0.854. The van der Waals surface area contributed by atoms with E-state index in [-0.39, 0.29) is 184 Å². The molecule has 0 aliphatic carbocycles. The van der Waals surface area contributed by atoms with E-state index >= 15 is 0 Å². The van der Waals surface area contributed by atoms with Crippen molar-refractivity contribution in [3.8, 4) is 0 Å². The molecular formula is C116H234N4O26. The first-order valence-electron chi connectivity index (χ1n) is 52.6. The van der Waals surface area contributed by atoms with E-state index in [0.717, 1.165) is 6.42 Å². The van der Waals surface area contributed by atoms with E-state index in [1.54, 1.807) is 125 Å². The van der Waals surface area contributed by atoms with Crippen LogP contribution >= 0.6 is 0 Å². The van der Waals surface area contributed by atoms with Crippen LogP contribution in [0.25, 0.3) is 0 Å². The van der Waals surface area contributed by atoms with E-state index in [9.17, 15) is 62.3 Å². The molecule has 30 nitrogen and oxygen atoms in total. The number of ether oxygens (including phenoxy) is 13. The Bertz CT molecular complexity index is 3370. The molecule has 0 spiro atoms. The van der Waals surface area contributed by atoms with Gasteiger partial charge in [-0.2, -0.15) is 0 Å². The van der Waals surface area contributed by atoms with Crippen LogP contribution in [0.4, 0.5) is 0 Å². The highest BCUT2D eigenvalue weighted by Crippen LogP contribution is 2.29. The van der Waals surface area contributed by atoms with Gasteiger partial charge in [0.25, 0.3) is 0 Å². The number of esters is 7. The van der Waals surface area contributed by atoms with E-state index in [1.165, 1.54) is 0 Å². The molecule has 0 heterocycles. The number of carbonyl (C=O) groups excluding carboxylic acids is 13. The van der Waals surface area contributed by atoms with Gasteiger partial charge in [0.1, 0.15) is 71.0 Å². The van der Waals surface area contributed by atoms with Gasteiger partial charge in [0.05, 0.1) is 76.2 Å². The molecule has 30 heteroatoms. The van der Waals surface area contributed by atoms with E-state index in [4.69, 9.17) is 74.0 Å². The molecule has 0 bridgehead atoms. The van der Waals surface area contributed by atoms with Crippen LogP contribution in [-0.4, -0.2) is 195 Å². The second-order valence-corrected chi connectivity index (χ2v) is 53.5. The molecule has 0 aromatic rings. The standard InChI is InChI=1S/2C13H25NO4.C13H25NO2.C10H19NO3.C10H22O2.C9H20O2.C9H18O.C8H14O3.C8H18O2.C8H18O.C8H16O.C7H14O/c2*1-12(2,3)17-10(15)8-7-9(14)11(16)18-13(4,5)6;1-12(2,3)10(15)8-7-9(14)11(16)13(4,5)6;1-7(2)9(12)11-5-6-14-10(13)8(3)4;1-8(11-9(2,3)4)12-10(5,6)7;1-8(2,3)10-7-11-9(4,5)6;1-8(2,3)7(10)9(4,5)6;1-5(2)7(9)11-8(10)6(3)4;1-6(2)9-8(5)10-7(3)4;1-7(2,3)9-8(4,5)6;1-6(2)5-8(9)7(3)4;1-5(2)7(8)6(3)4/h2*9H,7-8,14H2,1-6H3;9H,7-8,14H2,1-6H3;7-8H,5-6H2,1-4H3,(H,11,12);8H,1-7H3;7H2,1-6H3;1-6H3;5-6H,1-4H3;6-8H,1-5H3;1-6H3;6-7H,5H2,1-4H3;5-6H,1-4H3. The Labute approximate surface area is 894 Å². The molecule has 0 aromatic heterocycles. The van der Waals surface area contributed by atoms with Crippen molar-refractivity contribution in [2.75, 3.05) is 19.9 Å². The molecule has 0 radical (unpaired) electrons. The monoisotopic (exact) mass is 2100 g/mol. The lowest BCUT2D eigenvalue weighted by molar-refractivity contribution is -0.224. The lowest BCUT2D eigenvalue weighted by Crippen LogP contribution is -2.39. The summed E-state index contributed by atoms with van der Waals surface area (Å²) in [6.45, 7) is 123. The molecule has 3 unspecified atom stereocenters. The van der Waals surface area contributed by atoms with Crippen molar-refractivity contribution in [1.29, 1.82) is 0 Å². The number of nitrogens with two attached hydrogens (primary N) is 3. The Kier molecular flexibility index (Phi) is 86.4. The van der Waals surface area contributed by atoms with Crippen LogP contribution in [0.5, 0.6) is 0 Å². The quantitative estimate of drug-likeness (QED) is 0.0160. The molecular weight excluding hydrogens is 1870 g/mol. The molecule has 0 rings (SSSR count). The van der Waals surface area contributed by atoms with Gasteiger partial charge in [-0.05, 0) is 274 Å². The third-order valence-corrected chi connectivity index (χ3v) is 16.3. The van der Waals surface area contributed by atoms with Crippen molar-refractivity contribution in [3.63, 3.8) is 0 Å². The van der Waals surface area contributed by atoms with Gasteiger partial charge in [0.15, 0.2) is 18.4 Å². The van der Waals surface area contributed by atoms with Gasteiger partial charge >= 0.3 is 41.8 Å². The van der Waals surface area contributed by atoms with Gasteiger partial charge in [0.2, 0.25) is 5.91 Å². The van der Waals surface area contributed by atoms with E-state index < -0.39 is 69.8 Å². The maximum absolute atomic E-state index is 11.8. The summed E-state index contributed by atoms with van der Waals surface area (Å²) in [5, 5.41) is 2.66. The number of carbonyl (C=O) groups is 13. The number of hydrogen-bond donors (Lipinski definition) is 4. The summed E-state index contributed by atoms with van der Waals surface area (Å²) < 4.78 is 68.1. The molecule has 146 heavy (non-hydrogen) atoms. The number of amides is 1. The highest BCUT2D eigenvalue weighted by molar-refractivity contribution is 5.90. The van der Waals surface area contributed by atoms with Crippen LogP contribution in [0.15, 0.2) is 0 Å². The van der Waals surface area contributed by atoms with Crippen LogP contribution in [-0.2, 0) is 124 Å². The van der Waals surface area contributed by atoms with Crippen molar-refractivity contribution >= 4 is 76.6 Å². The Morgan fingerprint density at radius 3 is 0.767 bits per heavy atom. The minimum Gasteiger partial charge on any atom is -0.464 e. The van der Waals surface area contributed by atoms with E-state index in [2.05, 4.69) is 65.4 Å². The zero-order chi connectivity index (χ0) is 120. The van der Waals surface area contributed by atoms with Gasteiger partial charge in [-0.25, -0.2) is 0 Å². The van der Waals surface area contributed by atoms with Crippen molar-refractivity contribution in [2.45, 2.75) is 587 Å². The number of ketones is 5. The van der Waals surface area contributed by atoms with Crippen molar-refractivity contribution in [2.24, 2.45) is 86.2 Å². The molecule has 0 saturated carbocycles. The summed E-state index contributed by atoms with van der Waals surface area (Å²) in [5.41, 5.74) is 13.2. The van der Waals surface area contributed by atoms with Crippen LogP contribution in [0.2, 0.25) is 0 Å². The van der Waals surface area contributed by atoms with E-state index in [0.29, 0.717) is 49.4 Å². The first-order valence-corrected chi connectivity index (χ1v) is 52.6. The van der Waals surface area contributed by atoms with Gasteiger partial charge in [-0.3, -0.25) is 62.3 Å². The first-order chi connectivity index (χ1) is 63.9. The lowest BCUT2D eigenvalue weighted by atomic mass is 9.76. The van der Waals surface area contributed by atoms with Gasteiger partial charge in [-0.1, -0.05) is 194 Å². The molecule has 0 aromatic carbocycles. The zero-order valence-electron chi connectivity index (χ0n) is 106. The third kappa shape index (κ3) is 132. The zero-order valence-corrected chi connectivity index (χ0v) is 106. The summed E-state index contributed by atoms with van der Waals surface area (Å²) in [6.07, 6.45) is 2.49. The number of rotatable bonds is 32. The topological polar surface area (TPSA) is 432 Å². The SMILES string of the molecule is CC(C)(C)C(=O)C(C)(C)C.CC(C)(C)C(=O)CCC(N)C(=O)C(C)(C)C.CC(C)(C)OC(=O)CCC(N)C(=O)OC(C)(C)C.CC(C)(C)OC(=O)CCC(N)C(=O)OC(C)(C)C.CC(C)(C)OC(C)(C)C.CC(C)(C)OCOC(C)(C)C.CC(C)C(=O)C(C)C.CC(C)C(=O)NCCOC(=O)C(C)C.CC(C)C(=O)OC(=O)C(C)C.CC(C)CC(=O)C(C)C.CC(C)OC(C)OC(C)C.CC(OC(C)(C)C)OC(C)(C)C. The van der Waals surface area contributed by atoms with Crippen LogP contribution in [0.1, 0.15) is 488 Å². The predicted octanol–water partition coefficient (Wildman–Crippen LogP) is 25.3. The summed E-state index contributed by atoms with van der Waals surface area (Å²) in [7, 11) is 0. The highest BCUT2D eigenvalue weighted by Gasteiger charge is 2.34. The van der Waals surface area contributed by atoms with Gasteiger partial charge < -0.3 is 84.1 Å².